The van der Waals surface area contributed by atoms with E-state index < -0.39 is 0 Å². The molecule has 0 atom stereocenters. The van der Waals surface area contributed by atoms with Gasteiger partial charge in [0.1, 0.15) is 0 Å². The number of nitrogen functional groups attached to an aromatic ring is 1. The molecule has 0 bridgehead atoms. The fourth-order valence-corrected chi connectivity index (χ4v) is 2.55. The highest BCUT2D eigenvalue weighted by Gasteiger charge is 2.06. The number of hydrogen-bond acceptors (Lipinski definition) is 4. The van der Waals surface area contributed by atoms with E-state index in [0.717, 1.165) is 17.8 Å². The van der Waals surface area contributed by atoms with E-state index in [1.807, 2.05) is 6.20 Å². The van der Waals surface area contributed by atoms with E-state index in [1.54, 1.807) is 35.6 Å². The minimum atomic E-state index is -0.0976. The van der Waals surface area contributed by atoms with Gasteiger partial charge in [-0.1, -0.05) is 13.0 Å². The highest BCUT2D eigenvalue weighted by atomic mass is 32.1. The van der Waals surface area contributed by atoms with E-state index in [4.69, 9.17) is 5.73 Å². The van der Waals surface area contributed by atoms with Gasteiger partial charge in [-0.05, 0) is 24.6 Å². The molecule has 0 fully saturated rings. The van der Waals surface area contributed by atoms with Crippen molar-refractivity contribution in [1.29, 1.82) is 0 Å². The number of carbonyl (C=O) groups is 1. The van der Waals surface area contributed by atoms with Gasteiger partial charge in [-0.25, -0.2) is 4.98 Å². The standard InChI is InChI=1S/C14H17N3OS/c1-2-12-9-17-13(19-12)6-7-16-14(18)10-4-3-5-11(15)8-10/h3-5,8-9H,2,6-7,15H2,1H3,(H,16,18). The third kappa shape index (κ3) is 3.79. The van der Waals surface area contributed by atoms with Gasteiger partial charge in [0.15, 0.2) is 0 Å². The average Bonchev–Trinajstić information content (AvgIpc) is 2.86. The molecule has 0 spiro atoms. The van der Waals surface area contributed by atoms with Gasteiger partial charge in [-0.15, -0.1) is 11.3 Å². The zero-order chi connectivity index (χ0) is 13.7. The van der Waals surface area contributed by atoms with Crippen LogP contribution in [0.15, 0.2) is 30.5 Å². The summed E-state index contributed by atoms with van der Waals surface area (Å²) in [5, 5.41) is 3.93. The molecule has 2 aromatic rings. The Morgan fingerprint density at radius 1 is 1.47 bits per heavy atom. The van der Waals surface area contributed by atoms with Crippen molar-refractivity contribution >= 4 is 22.9 Å². The average molecular weight is 275 g/mol. The first-order valence-corrected chi connectivity index (χ1v) is 7.08. The number of rotatable bonds is 5. The summed E-state index contributed by atoms with van der Waals surface area (Å²) in [6.45, 7) is 2.70. The quantitative estimate of drug-likeness (QED) is 0.822. The molecule has 1 amide bonds. The molecule has 1 aromatic heterocycles. The van der Waals surface area contributed by atoms with E-state index in [-0.39, 0.29) is 5.91 Å². The molecule has 1 aromatic carbocycles. The lowest BCUT2D eigenvalue weighted by Gasteiger charge is -2.04. The minimum absolute atomic E-state index is 0.0976. The summed E-state index contributed by atoms with van der Waals surface area (Å²) >= 11 is 1.70. The second-order valence-electron chi connectivity index (χ2n) is 4.21. The first-order valence-electron chi connectivity index (χ1n) is 6.26. The molecule has 1 heterocycles. The van der Waals surface area contributed by atoms with Crippen LogP contribution in [-0.2, 0) is 12.8 Å². The molecule has 0 radical (unpaired) electrons. The molecule has 19 heavy (non-hydrogen) atoms. The van der Waals surface area contributed by atoms with E-state index in [1.165, 1.54) is 4.88 Å². The van der Waals surface area contributed by atoms with Crippen molar-refractivity contribution in [3.63, 3.8) is 0 Å². The van der Waals surface area contributed by atoms with Crippen LogP contribution in [-0.4, -0.2) is 17.4 Å². The first kappa shape index (κ1) is 13.5. The van der Waals surface area contributed by atoms with Crippen molar-refractivity contribution in [3.05, 3.63) is 45.9 Å². The molecular formula is C14H17N3OS. The predicted molar refractivity (Wildman–Crippen MR) is 78.4 cm³/mol. The van der Waals surface area contributed by atoms with E-state index in [9.17, 15) is 4.79 Å². The molecule has 3 N–H and O–H groups in total. The largest absolute Gasteiger partial charge is 0.399 e. The molecule has 0 aliphatic heterocycles. The van der Waals surface area contributed by atoms with Gasteiger partial charge < -0.3 is 11.1 Å². The molecule has 0 aliphatic rings. The van der Waals surface area contributed by atoms with Crippen LogP contribution in [0.3, 0.4) is 0 Å². The summed E-state index contributed by atoms with van der Waals surface area (Å²) in [6.07, 6.45) is 3.67. The highest BCUT2D eigenvalue weighted by molar-refractivity contribution is 7.11. The van der Waals surface area contributed by atoms with Crippen LogP contribution in [0.25, 0.3) is 0 Å². The van der Waals surface area contributed by atoms with Gasteiger partial charge in [0.05, 0.1) is 5.01 Å². The Bertz CT molecular complexity index is 565. The van der Waals surface area contributed by atoms with Gasteiger partial charge in [-0.2, -0.15) is 0 Å². The van der Waals surface area contributed by atoms with Crippen LogP contribution in [0, 0.1) is 0 Å². The Labute approximate surface area is 116 Å². The molecule has 0 unspecified atom stereocenters. The molecule has 2 rings (SSSR count). The normalized spacial score (nSPS) is 10.4. The molecule has 0 saturated carbocycles. The van der Waals surface area contributed by atoms with Crippen LogP contribution in [0.1, 0.15) is 27.2 Å². The SMILES string of the molecule is CCc1cnc(CCNC(=O)c2cccc(N)c2)s1. The number of thiazole rings is 1. The fraction of sp³-hybridized carbons (Fsp3) is 0.286. The number of nitrogens with zero attached hydrogens (tertiary/aromatic N) is 1. The Kier molecular flexibility index (Phi) is 4.52. The number of nitrogens with two attached hydrogens (primary N) is 1. The van der Waals surface area contributed by atoms with Gasteiger partial charge in [0.25, 0.3) is 5.91 Å². The topological polar surface area (TPSA) is 68.0 Å². The zero-order valence-electron chi connectivity index (χ0n) is 10.8. The zero-order valence-corrected chi connectivity index (χ0v) is 11.7. The number of amides is 1. The predicted octanol–water partition coefficient (Wildman–Crippen LogP) is 2.26. The number of aryl methyl sites for hydroxylation is 1. The Morgan fingerprint density at radius 2 is 2.32 bits per heavy atom. The van der Waals surface area contributed by atoms with Crippen molar-refractivity contribution in [1.82, 2.24) is 10.3 Å². The van der Waals surface area contributed by atoms with E-state index >= 15 is 0 Å². The van der Waals surface area contributed by atoms with Crippen molar-refractivity contribution in [2.75, 3.05) is 12.3 Å². The maximum Gasteiger partial charge on any atom is 0.251 e. The summed E-state index contributed by atoms with van der Waals surface area (Å²) in [4.78, 5) is 17.5. The Hall–Kier alpha value is -1.88. The van der Waals surface area contributed by atoms with Crippen molar-refractivity contribution < 1.29 is 4.79 Å². The molecule has 5 heteroatoms. The van der Waals surface area contributed by atoms with Crippen LogP contribution in [0.4, 0.5) is 5.69 Å². The number of aromatic nitrogens is 1. The van der Waals surface area contributed by atoms with Gasteiger partial charge in [-0.3, -0.25) is 4.79 Å². The number of benzene rings is 1. The second-order valence-corrected chi connectivity index (χ2v) is 5.40. The summed E-state index contributed by atoms with van der Waals surface area (Å²) in [5.41, 5.74) is 6.83. The highest BCUT2D eigenvalue weighted by Crippen LogP contribution is 2.13. The molecule has 4 nitrogen and oxygen atoms in total. The van der Waals surface area contributed by atoms with Crippen LogP contribution >= 0.6 is 11.3 Å². The van der Waals surface area contributed by atoms with Crippen LogP contribution in [0.2, 0.25) is 0 Å². The Balaban J connectivity index is 1.84. The summed E-state index contributed by atoms with van der Waals surface area (Å²) in [5.74, 6) is -0.0976. The summed E-state index contributed by atoms with van der Waals surface area (Å²) in [6, 6.07) is 6.97. The van der Waals surface area contributed by atoms with Crippen molar-refractivity contribution in [3.8, 4) is 0 Å². The lowest BCUT2D eigenvalue weighted by molar-refractivity contribution is 0.0954. The van der Waals surface area contributed by atoms with Gasteiger partial charge in [0.2, 0.25) is 0 Å². The Morgan fingerprint density at radius 3 is 3.00 bits per heavy atom. The smallest absolute Gasteiger partial charge is 0.251 e. The molecular weight excluding hydrogens is 258 g/mol. The van der Waals surface area contributed by atoms with Crippen molar-refractivity contribution in [2.24, 2.45) is 0 Å². The van der Waals surface area contributed by atoms with Crippen LogP contribution < -0.4 is 11.1 Å². The monoisotopic (exact) mass is 275 g/mol. The maximum atomic E-state index is 11.9. The number of nitrogens with one attached hydrogen (secondary N) is 1. The third-order valence-corrected chi connectivity index (χ3v) is 3.92. The van der Waals surface area contributed by atoms with Crippen molar-refractivity contribution in [2.45, 2.75) is 19.8 Å². The first-order chi connectivity index (χ1) is 9.19. The fourth-order valence-electron chi connectivity index (χ4n) is 1.69. The van der Waals surface area contributed by atoms with Gasteiger partial charge >= 0.3 is 0 Å². The summed E-state index contributed by atoms with van der Waals surface area (Å²) in [7, 11) is 0. The van der Waals surface area contributed by atoms with E-state index in [2.05, 4.69) is 17.2 Å². The minimum Gasteiger partial charge on any atom is -0.399 e. The molecule has 100 valence electrons. The number of hydrogen-bond donors (Lipinski definition) is 2. The lowest BCUT2D eigenvalue weighted by atomic mass is 10.2. The summed E-state index contributed by atoms with van der Waals surface area (Å²) < 4.78 is 0. The number of carbonyl (C=O) groups excluding carboxylic acids is 1. The molecule has 0 saturated heterocycles. The maximum absolute atomic E-state index is 11.9. The van der Waals surface area contributed by atoms with Crippen LogP contribution in [0.5, 0.6) is 0 Å². The van der Waals surface area contributed by atoms with Gasteiger partial charge in [0, 0.05) is 35.3 Å². The third-order valence-electron chi connectivity index (χ3n) is 2.72. The molecule has 0 aliphatic carbocycles. The van der Waals surface area contributed by atoms with E-state index in [0.29, 0.717) is 17.8 Å². The number of anilines is 1. The second kappa shape index (κ2) is 6.33. The lowest BCUT2D eigenvalue weighted by Crippen LogP contribution is -2.25.